The van der Waals surface area contributed by atoms with Crippen LogP contribution in [0, 0.1) is 0 Å². The number of hydrogen-bond acceptors (Lipinski definition) is 10. The number of rotatable bonds is 44. The van der Waals surface area contributed by atoms with Crippen LogP contribution >= 0.6 is 0 Å². The summed E-state index contributed by atoms with van der Waals surface area (Å²) in [7, 11) is 0. The Hall–Kier alpha value is -2.12. The van der Waals surface area contributed by atoms with Crippen LogP contribution in [0.1, 0.15) is 226 Å². The van der Waals surface area contributed by atoms with E-state index in [1.807, 2.05) is 6.08 Å². The minimum absolute atomic E-state index is 0.0411. The van der Waals surface area contributed by atoms with Gasteiger partial charge in [-0.15, -0.1) is 0 Å². The van der Waals surface area contributed by atoms with Gasteiger partial charge in [0.2, 0.25) is 5.91 Å². The van der Waals surface area contributed by atoms with Crippen LogP contribution in [0.5, 0.6) is 0 Å². The van der Waals surface area contributed by atoms with Gasteiger partial charge in [-0.2, -0.15) is 0 Å². The number of amides is 1. The van der Waals surface area contributed by atoms with Gasteiger partial charge in [0.05, 0.1) is 32.0 Å². The molecule has 1 fully saturated rings. The van der Waals surface area contributed by atoms with E-state index in [9.17, 15) is 35.1 Å². The first-order valence-electron chi connectivity index (χ1n) is 26.3. The SMILES string of the molecule is CCCCCCCCC/C=C/C(O)C(COC1OC(CO)C(O)C(O)C1O)NC(=O)CCCCCCCC/C=C\C=C/CCCCCOC(=O)CCCCCCCCCCCCCC. The Labute approximate surface area is 390 Å². The fourth-order valence-electron chi connectivity index (χ4n) is 8.01. The molecule has 11 nitrogen and oxygen atoms in total. The van der Waals surface area contributed by atoms with E-state index in [-0.39, 0.29) is 18.5 Å². The van der Waals surface area contributed by atoms with E-state index in [0.29, 0.717) is 19.4 Å². The highest BCUT2D eigenvalue weighted by molar-refractivity contribution is 5.76. The molecule has 1 saturated heterocycles. The van der Waals surface area contributed by atoms with Crippen molar-refractivity contribution in [3.63, 3.8) is 0 Å². The van der Waals surface area contributed by atoms with E-state index in [0.717, 1.165) is 103 Å². The molecule has 7 atom stereocenters. The van der Waals surface area contributed by atoms with Crippen LogP contribution in [0.2, 0.25) is 0 Å². The minimum Gasteiger partial charge on any atom is -0.466 e. The van der Waals surface area contributed by atoms with E-state index in [4.69, 9.17) is 14.2 Å². The predicted octanol–water partition coefficient (Wildman–Crippen LogP) is 10.8. The van der Waals surface area contributed by atoms with Crippen LogP contribution in [0.15, 0.2) is 36.5 Å². The zero-order valence-electron chi connectivity index (χ0n) is 40.7. The molecular formula is C53H97NO10. The van der Waals surface area contributed by atoms with Crippen molar-refractivity contribution < 1.29 is 49.3 Å². The monoisotopic (exact) mass is 908 g/mol. The first-order valence-corrected chi connectivity index (χ1v) is 26.3. The van der Waals surface area contributed by atoms with Crippen LogP contribution in [0.4, 0.5) is 0 Å². The van der Waals surface area contributed by atoms with Crippen molar-refractivity contribution in [1.82, 2.24) is 5.32 Å². The van der Waals surface area contributed by atoms with Gasteiger partial charge in [-0.05, 0) is 64.2 Å². The molecule has 0 aromatic carbocycles. The standard InChI is InChI=1S/C53H97NO10/c1-3-5-7-9-11-13-14-21-25-29-33-37-41-49(58)62-42-38-34-30-26-22-19-17-15-16-18-20-24-28-32-36-40-48(57)54-45(46(56)39-35-31-27-23-12-10-8-6-4-2)44-63-53-52(61)51(60)50(59)47(43-55)64-53/h15,17,19,22,35,39,45-47,50-53,55-56,59-61H,3-14,16,18,20-21,23-34,36-38,40-44H2,1-2H3,(H,54,57)/b17-15-,22-19-,39-35+. The van der Waals surface area contributed by atoms with Crippen molar-refractivity contribution >= 4 is 11.9 Å². The molecule has 1 rings (SSSR count). The van der Waals surface area contributed by atoms with Crippen molar-refractivity contribution in [2.24, 2.45) is 0 Å². The molecule has 0 aliphatic carbocycles. The molecule has 0 spiro atoms. The number of allylic oxidation sites excluding steroid dienone is 5. The van der Waals surface area contributed by atoms with Gasteiger partial charge in [0.15, 0.2) is 6.29 Å². The summed E-state index contributed by atoms with van der Waals surface area (Å²) in [6, 6.07) is -0.824. The predicted molar refractivity (Wildman–Crippen MR) is 260 cm³/mol. The summed E-state index contributed by atoms with van der Waals surface area (Å²) in [6.07, 6.45) is 40.9. The third-order valence-corrected chi connectivity index (χ3v) is 12.3. The summed E-state index contributed by atoms with van der Waals surface area (Å²) in [5.74, 6) is -0.249. The molecule has 0 aromatic heterocycles. The number of hydrogen-bond donors (Lipinski definition) is 6. The van der Waals surface area contributed by atoms with E-state index in [1.54, 1.807) is 6.08 Å². The lowest BCUT2D eigenvalue weighted by molar-refractivity contribution is -0.302. The van der Waals surface area contributed by atoms with E-state index in [1.165, 1.54) is 96.3 Å². The average molecular weight is 908 g/mol. The maximum atomic E-state index is 12.9. The normalized spacial score (nSPS) is 20.1. The second kappa shape index (κ2) is 43.5. The third kappa shape index (κ3) is 33.4. The first-order chi connectivity index (χ1) is 31.2. The lowest BCUT2D eigenvalue weighted by Gasteiger charge is -2.40. The molecule has 7 unspecified atom stereocenters. The Morgan fingerprint density at radius 2 is 1.03 bits per heavy atom. The fraction of sp³-hybridized carbons (Fsp3) is 0.849. The molecule has 0 aromatic rings. The molecule has 0 bridgehead atoms. The van der Waals surface area contributed by atoms with Gasteiger partial charge in [0.1, 0.15) is 24.4 Å². The lowest BCUT2D eigenvalue weighted by Crippen LogP contribution is -2.60. The topological polar surface area (TPSA) is 175 Å². The van der Waals surface area contributed by atoms with Crippen molar-refractivity contribution in [1.29, 1.82) is 0 Å². The van der Waals surface area contributed by atoms with Crippen molar-refractivity contribution in [3.05, 3.63) is 36.5 Å². The maximum Gasteiger partial charge on any atom is 0.305 e. The highest BCUT2D eigenvalue weighted by Crippen LogP contribution is 2.23. The number of unbranched alkanes of at least 4 members (excludes halogenated alkanes) is 27. The van der Waals surface area contributed by atoms with Gasteiger partial charge in [0, 0.05) is 12.8 Å². The van der Waals surface area contributed by atoms with Crippen LogP contribution in [0.3, 0.4) is 0 Å². The van der Waals surface area contributed by atoms with E-state index >= 15 is 0 Å². The molecule has 64 heavy (non-hydrogen) atoms. The number of carbonyl (C=O) groups is 2. The first kappa shape index (κ1) is 59.9. The highest BCUT2D eigenvalue weighted by Gasteiger charge is 2.44. The van der Waals surface area contributed by atoms with Crippen molar-refractivity contribution in [2.75, 3.05) is 19.8 Å². The van der Waals surface area contributed by atoms with Gasteiger partial charge < -0.3 is 45.1 Å². The molecule has 1 heterocycles. The second-order valence-electron chi connectivity index (χ2n) is 18.3. The Kier molecular flexibility index (Phi) is 40.7. The maximum absolute atomic E-state index is 12.9. The quantitative estimate of drug-likeness (QED) is 0.0149. The van der Waals surface area contributed by atoms with Crippen LogP contribution in [-0.2, 0) is 23.8 Å². The Bertz CT molecular complexity index is 1160. The summed E-state index contributed by atoms with van der Waals surface area (Å²) >= 11 is 0. The molecular weight excluding hydrogens is 811 g/mol. The molecule has 11 heteroatoms. The Balaban J connectivity index is 2.16. The summed E-state index contributed by atoms with van der Waals surface area (Å²) in [4.78, 5) is 25.0. The van der Waals surface area contributed by atoms with Gasteiger partial charge in [-0.1, -0.05) is 185 Å². The van der Waals surface area contributed by atoms with Gasteiger partial charge in [-0.25, -0.2) is 0 Å². The zero-order valence-corrected chi connectivity index (χ0v) is 40.7. The van der Waals surface area contributed by atoms with Crippen LogP contribution in [0.25, 0.3) is 0 Å². The van der Waals surface area contributed by atoms with Crippen molar-refractivity contribution in [3.8, 4) is 0 Å². The molecule has 1 aliphatic rings. The Morgan fingerprint density at radius 1 is 0.578 bits per heavy atom. The number of nitrogens with one attached hydrogen (secondary N) is 1. The highest BCUT2D eigenvalue weighted by atomic mass is 16.7. The smallest absolute Gasteiger partial charge is 0.305 e. The van der Waals surface area contributed by atoms with Crippen LogP contribution < -0.4 is 5.32 Å². The van der Waals surface area contributed by atoms with Gasteiger partial charge in [0.25, 0.3) is 0 Å². The zero-order chi connectivity index (χ0) is 46.7. The molecule has 1 amide bonds. The van der Waals surface area contributed by atoms with E-state index in [2.05, 4.69) is 43.5 Å². The van der Waals surface area contributed by atoms with Crippen LogP contribution in [-0.4, -0.2) is 100 Å². The average Bonchev–Trinajstić information content (AvgIpc) is 3.29. The van der Waals surface area contributed by atoms with Crippen molar-refractivity contribution in [2.45, 2.75) is 269 Å². The number of esters is 1. The minimum atomic E-state index is -1.58. The summed E-state index contributed by atoms with van der Waals surface area (Å²) in [6.45, 7) is 4.22. The lowest BCUT2D eigenvalue weighted by atomic mass is 9.99. The molecule has 374 valence electrons. The molecule has 0 radical (unpaired) electrons. The number of aliphatic hydroxyl groups excluding tert-OH is 5. The Morgan fingerprint density at radius 3 is 1.55 bits per heavy atom. The fourth-order valence-corrected chi connectivity index (χ4v) is 8.01. The molecule has 6 N–H and O–H groups in total. The number of aliphatic hydroxyl groups is 5. The second-order valence-corrected chi connectivity index (χ2v) is 18.3. The summed E-state index contributed by atoms with van der Waals surface area (Å²) < 4.78 is 16.6. The molecule has 0 saturated carbocycles. The number of ether oxygens (including phenoxy) is 3. The summed E-state index contributed by atoms with van der Waals surface area (Å²) in [5, 5.41) is 54.1. The number of carbonyl (C=O) groups excluding carboxylic acids is 2. The largest absolute Gasteiger partial charge is 0.466 e. The third-order valence-electron chi connectivity index (χ3n) is 12.3. The van der Waals surface area contributed by atoms with E-state index < -0.39 is 49.5 Å². The van der Waals surface area contributed by atoms with Gasteiger partial charge >= 0.3 is 5.97 Å². The van der Waals surface area contributed by atoms with Gasteiger partial charge in [-0.3, -0.25) is 9.59 Å². The summed E-state index contributed by atoms with van der Waals surface area (Å²) in [5.41, 5.74) is 0. The molecule has 1 aliphatic heterocycles.